The largest absolute Gasteiger partial charge is 0.497 e. The Hall–Kier alpha value is -1.92. The zero-order valence-corrected chi connectivity index (χ0v) is 12.7. The van der Waals surface area contributed by atoms with Crippen molar-refractivity contribution in [2.45, 2.75) is 0 Å². The highest BCUT2D eigenvalue weighted by Gasteiger charge is 2.20. The van der Waals surface area contributed by atoms with E-state index >= 15 is 0 Å². The maximum Gasteiger partial charge on any atom is 0.265 e. The minimum Gasteiger partial charge on any atom is -0.497 e. The van der Waals surface area contributed by atoms with Gasteiger partial charge in [0.05, 0.1) is 13.3 Å². The molecule has 0 aliphatic carbocycles. The summed E-state index contributed by atoms with van der Waals surface area (Å²) in [5.74, 6) is 0.862. The summed E-state index contributed by atoms with van der Waals surface area (Å²) in [7, 11) is 1.64. The summed E-state index contributed by atoms with van der Waals surface area (Å²) in [5.41, 5.74) is 0.971. The lowest BCUT2D eigenvalue weighted by molar-refractivity contribution is 0.0740. The summed E-state index contributed by atoms with van der Waals surface area (Å²) in [6.07, 6.45) is 1.67. The molecule has 1 fully saturated rings. The van der Waals surface area contributed by atoms with Gasteiger partial charge in [0.15, 0.2) is 0 Å². The molecule has 2 aromatic rings. The number of amides is 1. The Balaban J connectivity index is 1.80. The summed E-state index contributed by atoms with van der Waals surface area (Å²) in [6, 6.07) is 7.72. The number of benzene rings is 1. The molecule has 1 aromatic heterocycles. The number of nitrogens with zero attached hydrogens (tertiary/aromatic N) is 2. The Kier molecular flexibility index (Phi) is 4.17. The average molecular weight is 303 g/mol. The summed E-state index contributed by atoms with van der Waals surface area (Å²) in [6.45, 7) is 3.22. The topological polar surface area (TPSA) is 54.5 Å². The molecule has 3 rings (SSSR count). The van der Waals surface area contributed by atoms with E-state index in [4.69, 9.17) is 4.74 Å². The Bertz CT molecular complexity index is 635. The van der Waals surface area contributed by atoms with Crippen LogP contribution >= 0.6 is 11.3 Å². The van der Waals surface area contributed by atoms with Crippen LogP contribution in [0, 0.1) is 0 Å². The van der Waals surface area contributed by atoms with Crippen molar-refractivity contribution < 1.29 is 9.53 Å². The van der Waals surface area contributed by atoms with E-state index in [9.17, 15) is 4.79 Å². The number of nitrogens with one attached hydrogen (secondary N) is 1. The lowest BCUT2D eigenvalue weighted by atomic mass is 10.2. The molecule has 0 atom stereocenters. The van der Waals surface area contributed by atoms with E-state index in [1.165, 1.54) is 11.3 Å². The van der Waals surface area contributed by atoms with Crippen LogP contribution in [0.4, 0.5) is 0 Å². The van der Waals surface area contributed by atoms with E-state index in [0.717, 1.165) is 42.5 Å². The SMILES string of the molecule is COc1cccc(-c2ncc(C(=O)N3CCNCC3)s2)c1. The standard InChI is InChI=1S/C15H17N3O2S/c1-20-12-4-2-3-11(9-12)14-17-10-13(21-14)15(19)18-7-5-16-6-8-18/h2-4,9-10,16H,5-8H2,1H3. The fourth-order valence-electron chi connectivity index (χ4n) is 2.29. The molecule has 110 valence electrons. The van der Waals surface area contributed by atoms with Crippen molar-refractivity contribution in [2.24, 2.45) is 0 Å². The predicted octanol–water partition coefficient (Wildman–Crippen LogP) is 1.86. The summed E-state index contributed by atoms with van der Waals surface area (Å²) >= 11 is 1.43. The highest BCUT2D eigenvalue weighted by molar-refractivity contribution is 7.16. The first-order valence-electron chi connectivity index (χ1n) is 6.88. The van der Waals surface area contributed by atoms with E-state index < -0.39 is 0 Å². The molecule has 5 nitrogen and oxygen atoms in total. The van der Waals surface area contributed by atoms with Gasteiger partial charge in [0.1, 0.15) is 15.6 Å². The number of thiazole rings is 1. The van der Waals surface area contributed by atoms with Crippen LogP contribution in [0.1, 0.15) is 9.67 Å². The van der Waals surface area contributed by atoms with Crippen LogP contribution in [0.3, 0.4) is 0 Å². The third-order valence-electron chi connectivity index (χ3n) is 3.44. The van der Waals surface area contributed by atoms with Crippen LogP contribution in [0.15, 0.2) is 30.5 Å². The van der Waals surface area contributed by atoms with Gasteiger partial charge in [-0.05, 0) is 12.1 Å². The van der Waals surface area contributed by atoms with Gasteiger partial charge >= 0.3 is 0 Å². The summed E-state index contributed by atoms with van der Waals surface area (Å²) < 4.78 is 5.22. The number of carbonyl (C=O) groups excluding carboxylic acids is 1. The highest BCUT2D eigenvalue weighted by atomic mass is 32.1. The first-order valence-corrected chi connectivity index (χ1v) is 7.70. The Morgan fingerprint density at radius 2 is 2.19 bits per heavy atom. The first-order chi connectivity index (χ1) is 10.3. The van der Waals surface area contributed by atoms with Gasteiger partial charge < -0.3 is 15.0 Å². The normalized spacial score (nSPS) is 15.0. The molecular weight excluding hydrogens is 286 g/mol. The zero-order chi connectivity index (χ0) is 14.7. The smallest absolute Gasteiger partial charge is 0.265 e. The van der Waals surface area contributed by atoms with Crippen LogP contribution in [0.2, 0.25) is 0 Å². The quantitative estimate of drug-likeness (QED) is 0.940. The monoisotopic (exact) mass is 303 g/mol. The first kappa shape index (κ1) is 14.0. The van der Waals surface area contributed by atoms with Crippen LogP contribution < -0.4 is 10.1 Å². The molecule has 1 N–H and O–H groups in total. The van der Waals surface area contributed by atoms with Crippen molar-refractivity contribution in [2.75, 3.05) is 33.3 Å². The van der Waals surface area contributed by atoms with Gasteiger partial charge in [0, 0.05) is 31.7 Å². The maximum absolute atomic E-state index is 12.4. The fraction of sp³-hybridized carbons (Fsp3) is 0.333. The molecule has 1 aliphatic heterocycles. The van der Waals surface area contributed by atoms with Crippen LogP contribution in [-0.4, -0.2) is 49.1 Å². The number of aromatic nitrogens is 1. The molecule has 1 saturated heterocycles. The van der Waals surface area contributed by atoms with Crippen molar-refractivity contribution in [1.29, 1.82) is 0 Å². The molecule has 21 heavy (non-hydrogen) atoms. The zero-order valence-electron chi connectivity index (χ0n) is 11.8. The van der Waals surface area contributed by atoms with E-state index in [2.05, 4.69) is 10.3 Å². The molecule has 0 radical (unpaired) electrons. The fourth-order valence-corrected chi connectivity index (χ4v) is 3.17. The molecule has 6 heteroatoms. The van der Waals surface area contributed by atoms with Crippen LogP contribution in [0.25, 0.3) is 10.6 Å². The lowest BCUT2D eigenvalue weighted by Crippen LogP contribution is -2.46. The number of piperazine rings is 1. The van der Waals surface area contributed by atoms with Crippen LogP contribution in [-0.2, 0) is 0 Å². The van der Waals surface area contributed by atoms with Gasteiger partial charge in [-0.3, -0.25) is 4.79 Å². The van der Waals surface area contributed by atoms with Crippen LogP contribution in [0.5, 0.6) is 5.75 Å². The molecule has 0 spiro atoms. The number of ether oxygens (including phenoxy) is 1. The second kappa shape index (κ2) is 6.24. The predicted molar refractivity (Wildman–Crippen MR) is 82.9 cm³/mol. The number of hydrogen-bond acceptors (Lipinski definition) is 5. The summed E-state index contributed by atoms with van der Waals surface area (Å²) in [5, 5.41) is 4.08. The van der Waals surface area contributed by atoms with Gasteiger partial charge in [-0.15, -0.1) is 11.3 Å². The van der Waals surface area contributed by atoms with Gasteiger partial charge in [-0.2, -0.15) is 0 Å². The van der Waals surface area contributed by atoms with E-state index in [0.29, 0.717) is 4.88 Å². The minimum absolute atomic E-state index is 0.0724. The molecule has 2 heterocycles. The van der Waals surface area contributed by atoms with Crippen molar-refractivity contribution in [3.63, 3.8) is 0 Å². The third kappa shape index (κ3) is 3.06. The van der Waals surface area contributed by atoms with Crippen molar-refractivity contribution in [3.05, 3.63) is 35.3 Å². The Morgan fingerprint density at radius 1 is 1.38 bits per heavy atom. The molecule has 0 saturated carbocycles. The number of methoxy groups -OCH3 is 1. The Labute approximate surface area is 127 Å². The van der Waals surface area contributed by atoms with Crippen molar-refractivity contribution >= 4 is 17.2 Å². The van der Waals surface area contributed by atoms with Gasteiger partial charge in [-0.25, -0.2) is 4.98 Å². The second-order valence-electron chi connectivity index (χ2n) is 4.80. The second-order valence-corrected chi connectivity index (χ2v) is 5.83. The van der Waals surface area contributed by atoms with E-state index in [-0.39, 0.29) is 5.91 Å². The molecule has 1 aliphatic rings. The third-order valence-corrected chi connectivity index (χ3v) is 4.47. The molecule has 0 unspecified atom stereocenters. The highest BCUT2D eigenvalue weighted by Crippen LogP contribution is 2.28. The number of carbonyl (C=O) groups is 1. The van der Waals surface area contributed by atoms with E-state index in [1.54, 1.807) is 13.3 Å². The maximum atomic E-state index is 12.4. The van der Waals surface area contributed by atoms with Gasteiger partial charge in [0.2, 0.25) is 0 Å². The number of hydrogen-bond donors (Lipinski definition) is 1. The van der Waals surface area contributed by atoms with Crippen molar-refractivity contribution in [3.8, 4) is 16.3 Å². The van der Waals surface area contributed by atoms with E-state index in [1.807, 2.05) is 29.2 Å². The molecule has 1 amide bonds. The Morgan fingerprint density at radius 3 is 2.95 bits per heavy atom. The number of rotatable bonds is 3. The minimum atomic E-state index is 0.0724. The average Bonchev–Trinajstić information content (AvgIpc) is 3.05. The molecule has 1 aromatic carbocycles. The van der Waals surface area contributed by atoms with Gasteiger partial charge in [0.25, 0.3) is 5.91 Å². The lowest BCUT2D eigenvalue weighted by Gasteiger charge is -2.26. The summed E-state index contributed by atoms with van der Waals surface area (Å²) in [4.78, 5) is 19.4. The molecular formula is C15H17N3O2S. The van der Waals surface area contributed by atoms with Crippen molar-refractivity contribution in [1.82, 2.24) is 15.2 Å². The molecule has 0 bridgehead atoms. The van der Waals surface area contributed by atoms with Gasteiger partial charge in [-0.1, -0.05) is 12.1 Å².